The Kier molecular flexibility index (Phi) is 3.76. The van der Waals surface area contributed by atoms with Gasteiger partial charge in [-0.25, -0.2) is 12.5 Å². The third-order valence-corrected chi connectivity index (χ3v) is 3.50. The highest BCUT2D eigenvalue weighted by molar-refractivity contribution is 8.10. The molecule has 0 aromatic heterocycles. The first-order valence-corrected chi connectivity index (χ1v) is 5.79. The lowest BCUT2D eigenvalue weighted by Gasteiger charge is -2.28. The summed E-state index contributed by atoms with van der Waals surface area (Å²) < 4.78 is 0. The van der Waals surface area contributed by atoms with Gasteiger partial charge in [-0.05, 0) is 31.8 Å². The third kappa shape index (κ3) is 3.55. The van der Waals surface area contributed by atoms with Crippen LogP contribution in [0.3, 0.4) is 0 Å². The smallest absolute Gasteiger partial charge is 0.205 e. The lowest BCUT2D eigenvalue weighted by molar-refractivity contribution is 0.228. The van der Waals surface area contributed by atoms with Gasteiger partial charge in [-0.2, -0.15) is 0 Å². The summed E-state index contributed by atoms with van der Waals surface area (Å²) in [5, 5.41) is 0. The molecule has 1 fully saturated rings. The van der Waals surface area contributed by atoms with Crippen molar-refractivity contribution in [3.63, 3.8) is 0 Å². The van der Waals surface area contributed by atoms with Crippen LogP contribution in [0.5, 0.6) is 0 Å². The Labute approximate surface area is 88.7 Å². The van der Waals surface area contributed by atoms with Gasteiger partial charge >= 0.3 is 0 Å². The van der Waals surface area contributed by atoms with E-state index in [9.17, 15) is 0 Å². The number of likely N-dealkylation sites (tertiary alicyclic amines) is 1. The Morgan fingerprint density at radius 2 is 2.08 bits per heavy atom. The van der Waals surface area contributed by atoms with Gasteiger partial charge < -0.3 is 4.90 Å². The minimum Gasteiger partial charge on any atom is -0.306 e. The number of nitrogens with zero attached hydrogens (tertiary/aromatic N) is 1. The van der Waals surface area contributed by atoms with Gasteiger partial charge in [0.15, 0.2) is 0 Å². The molecular weight excluding hydrogens is 177 g/mol. The first-order valence-electron chi connectivity index (χ1n) is 5.27. The molecule has 1 aliphatic heterocycles. The molecule has 0 spiro atoms. The third-order valence-electron chi connectivity index (χ3n) is 3.08. The van der Waals surface area contributed by atoms with Crippen LogP contribution in [0.25, 0.3) is 0 Å². The second kappa shape index (κ2) is 4.27. The van der Waals surface area contributed by atoms with Gasteiger partial charge in [0.1, 0.15) is 0 Å². The molecule has 13 heavy (non-hydrogen) atoms. The molecular formula is C10H22BNS. The average Bonchev–Trinajstić information content (AvgIpc) is 2.07. The normalized spacial score (nSPS) is 29.8. The maximum atomic E-state index is 4.58. The van der Waals surface area contributed by atoms with Gasteiger partial charge in [0.2, 0.25) is 5.99 Å². The first-order chi connectivity index (χ1) is 5.91. The van der Waals surface area contributed by atoms with E-state index < -0.39 is 0 Å². The molecule has 1 rings (SSSR count). The van der Waals surface area contributed by atoms with E-state index in [1.807, 2.05) is 0 Å². The fourth-order valence-electron chi connectivity index (χ4n) is 2.48. The standard InChI is InChI=1S/C10H22BNS/c1-10(2)7-9(11(3)13)5-6-12(4)8-10/h9,13H,5-8H2,1-4H3. The lowest BCUT2D eigenvalue weighted by Crippen LogP contribution is -2.29. The molecule has 1 aliphatic rings. The summed E-state index contributed by atoms with van der Waals surface area (Å²) >= 11 is 4.58. The molecule has 0 aromatic rings. The summed E-state index contributed by atoms with van der Waals surface area (Å²) in [5.74, 6) is 1.34. The van der Waals surface area contributed by atoms with Gasteiger partial charge in [0.05, 0.1) is 0 Å². The van der Waals surface area contributed by atoms with Crippen molar-refractivity contribution in [2.24, 2.45) is 5.41 Å². The summed E-state index contributed by atoms with van der Waals surface area (Å²) in [6.07, 6.45) is 2.63. The van der Waals surface area contributed by atoms with Crippen LogP contribution in [0.1, 0.15) is 26.7 Å². The van der Waals surface area contributed by atoms with Crippen LogP contribution >= 0.6 is 12.5 Å². The van der Waals surface area contributed by atoms with E-state index in [0.29, 0.717) is 11.4 Å². The van der Waals surface area contributed by atoms with Crippen LogP contribution in [0, 0.1) is 5.41 Å². The highest BCUT2D eigenvalue weighted by Crippen LogP contribution is 2.36. The van der Waals surface area contributed by atoms with Crippen molar-refractivity contribution in [3.8, 4) is 0 Å². The molecule has 0 aliphatic carbocycles. The van der Waals surface area contributed by atoms with Crippen LogP contribution < -0.4 is 0 Å². The highest BCUT2D eigenvalue weighted by atomic mass is 32.1. The Morgan fingerprint density at radius 3 is 2.62 bits per heavy atom. The molecule has 1 unspecified atom stereocenters. The van der Waals surface area contributed by atoms with Crippen LogP contribution in [0.15, 0.2) is 0 Å². The average molecular weight is 199 g/mol. The zero-order valence-electron chi connectivity index (χ0n) is 9.38. The van der Waals surface area contributed by atoms with E-state index in [-0.39, 0.29) is 0 Å². The molecule has 0 bridgehead atoms. The van der Waals surface area contributed by atoms with Crippen LogP contribution in [-0.4, -0.2) is 31.0 Å². The zero-order valence-corrected chi connectivity index (χ0v) is 10.3. The molecule has 76 valence electrons. The Hall–Kier alpha value is 0.375. The molecule has 1 nitrogen and oxygen atoms in total. The van der Waals surface area contributed by atoms with Gasteiger partial charge in [0.25, 0.3) is 0 Å². The summed E-state index contributed by atoms with van der Waals surface area (Å²) in [6, 6.07) is 0. The van der Waals surface area contributed by atoms with Crippen molar-refractivity contribution >= 4 is 18.5 Å². The number of hydrogen-bond acceptors (Lipinski definition) is 2. The first kappa shape index (κ1) is 11.4. The van der Waals surface area contributed by atoms with Gasteiger partial charge in [0, 0.05) is 6.54 Å². The second-order valence-corrected chi connectivity index (χ2v) is 6.21. The molecule has 1 atom stereocenters. The Morgan fingerprint density at radius 1 is 1.46 bits per heavy atom. The summed E-state index contributed by atoms with van der Waals surface area (Å²) in [6.45, 7) is 9.44. The maximum absolute atomic E-state index is 4.58. The lowest BCUT2D eigenvalue weighted by atomic mass is 9.59. The van der Waals surface area contributed by atoms with Crippen LogP contribution in [-0.2, 0) is 0 Å². The number of rotatable bonds is 1. The van der Waals surface area contributed by atoms with Crippen LogP contribution in [0.2, 0.25) is 12.6 Å². The largest absolute Gasteiger partial charge is 0.306 e. The van der Waals surface area contributed by atoms with Gasteiger partial charge in [-0.3, -0.25) is 0 Å². The molecule has 0 saturated carbocycles. The molecule has 0 aromatic carbocycles. The van der Waals surface area contributed by atoms with Crippen molar-refractivity contribution in [1.29, 1.82) is 0 Å². The van der Waals surface area contributed by atoms with E-state index in [1.54, 1.807) is 0 Å². The van der Waals surface area contributed by atoms with Crippen molar-refractivity contribution in [2.75, 3.05) is 20.1 Å². The highest BCUT2D eigenvalue weighted by Gasteiger charge is 2.31. The molecule has 0 amide bonds. The Balaban J connectivity index is 2.62. The zero-order chi connectivity index (χ0) is 10.1. The van der Waals surface area contributed by atoms with Crippen molar-refractivity contribution in [2.45, 2.75) is 39.3 Å². The molecule has 3 heteroatoms. The molecule has 0 radical (unpaired) electrons. The van der Waals surface area contributed by atoms with Crippen molar-refractivity contribution in [1.82, 2.24) is 4.90 Å². The van der Waals surface area contributed by atoms with Crippen LogP contribution in [0.4, 0.5) is 0 Å². The van der Waals surface area contributed by atoms with E-state index in [4.69, 9.17) is 0 Å². The SMILES string of the molecule is CB(S)C1CCN(C)CC(C)(C)C1. The fourth-order valence-corrected chi connectivity index (χ4v) is 2.74. The molecule has 1 saturated heterocycles. The minimum atomic E-state index is 0.465. The summed E-state index contributed by atoms with van der Waals surface area (Å²) in [7, 11) is 2.23. The van der Waals surface area contributed by atoms with E-state index >= 15 is 0 Å². The molecule has 1 heterocycles. The van der Waals surface area contributed by atoms with E-state index in [1.165, 1.54) is 25.9 Å². The molecule has 0 N–H and O–H groups in total. The summed E-state index contributed by atoms with van der Waals surface area (Å²) in [4.78, 5) is 2.45. The number of hydrogen-bond donors (Lipinski definition) is 1. The monoisotopic (exact) mass is 199 g/mol. The topological polar surface area (TPSA) is 3.24 Å². The van der Waals surface area contributed by atoms with E-state index in [0.717, 1.165) is 5.82 Å². The minimum absolute atomic E-state index is 0.465. The van der Waals surface area contributed by atoms with E-state index in [2.05, 4.69) is 45.1 Å². The predicted molar refractivity (Wildman–Crippen MR) is 64.9 cm³/mol. The fraction of sp³-hybridized carbons (Fsp3) is 1.00. The van der Waals surface area contributed by atoms with Crippen molar-refractivity contribution < 1.29 is 0 Å². The summed E-state index contributed by atoms with van der Waals surface area (Å²) in [5.41, 5.74) is 0.465. The van der Waals surface area contributed by atoms with Gasteiger partial charge in [-0.15, -0.1) is 0 Å². The maximum Gasteiger partial charge on any atom is 0.205 e. The number of thiol groups is 1. The van der Waals surface area contributed by atoms with Crippen molar-refractivity contribution in [3.05, 3.63) is 0 Å². The predicted octanol–water partition coefficient (Wildman–Crippen LogP) is 2.66. The van der Waals surface area contributed by atoms with Gasteiger partial charge in [-0.1, -0.05) is 26.5 Å². The quantitative estimate of drug-likeness (QED) is 0.502. The Bertz CT molecular complexity index is 170. The second-order valence-electron chi connectivity index (χ2n) is 5.40.